The number of nitrogens with two attached hydrogens (primary N) is 9. The average molecular weight is 894 g/mol. The molecule has 3 aromatic carbocycles. The molecule has 21 heteroatoms. The molecule has 21 N–H and O–H groups in total. The number of ether oxygens (including phenoxy) is 2. The van der Waals surface area contributed by atoms with E-state index in [2.05, 4.69) is 37.5 Å². The molecule has 0 atom stereocenters. The lowest BCUT2D eigenvalue weighted by Gasteiger charge is -2.24. The summed E-state index contributed by atoms with van der Waals surface area (Å²) in [6, 6.07) is 10.3. The monoisotopic (exact) mass is 893 g/mol. The number of nitrogens with zero attached hydrogens (tertiary/aromatic N) is 3. The molecular weight excluding hydrogens is 831 g/mol. The van der Waals surface area contributed by atoms with Crippen LogP contribution in [0.4, 0.5) is 22.7 Å². The molecule has 0 saturated heterocycles. The summed E-state index contributed by atoms with van der Waals surface area (Å²) < 4.78 is 12.2. The van der Waals surface area contributed by atoms with Gasteiger partial charge in [0.25, 0.3) is 11.8 Å². The number of rotatable bonds is 21. The van der Waals surface area contributed by atoms with Crippen LogP contribution in [0.3, 0.4) is 0 Å². The second-order valence-corrected chi connectivity index (χ2v) is 18.1. The van der Waals surface area contributed by atoms with Gasteiger partial charge in [0.2, 0.25) is 0 Å². The van der Waals surface area contributed by atoms with Crippen molar-refractivity contribution in [1.29, 1.82) is 0 Å². The summed E-state index contributed by atoms with van der Waals surface area (Å²) in [6.45, 7) is 16.7. The van der Waals surface area contributed by atoms with Crippen molar-refractivity contribution >= 4 is 76.0 Å². The normalized spacial score (nSPS) is 11.2. The third-order valence-corrected chi connectivity index (χ3v) is 10.9. The van der Waals surface area contributed by atoms with E-state index in [1.165, 1.54) is 35.7 Å². The van der Waals surface area contributed by atoms with Crippen LogP contribution in [0.2, 0.25) is 0 Å². The number of carbonyl (C=O) groups is 2. The molecule has 0 spiro atoms. The second-order valence-electron chi connectivity index (χ2n) is 15.9. The lowest BCUT2D eigenvalue weighted by molar-refractivity contribution is 0.102. The Morgan fingerprint density at radius 2 is 1.02 bits per heavy atom. The van der Waals surface area contributed by atoms with E-state index in [1.54, 1.807) is 0 Å². The molecule has 0 aromatic heterocycles. The number of nitrogens with one attached hydrogen (secondary N) is 3. The number of thioether (sulfide) groups is 2. The number of hydrogen-bond donors (Lipinski definition) is 12. The molecule has 0 aliphatic rings. The fourth-order valence-electron chi connectivity index (χ4n) is 5.56. The van der Waals surface area contributed by atoms with Gasteiger partial charge in [-0.1, -0.05) is 48.1 Å². The highest BCUT2D eigenvalue weighted by molar-refractivity contribution is 7.99. The molecule has 338 valence electrons. The van der Waals surface area contributed by atoms with Gasteiger partial charge in [0.15, 0.2) is 17.9 Å². The molecule has 3 rings (SSSR count). The summed E-state index contributed by atoms with van der Waals surface area (Å²) in [6.07, 6.45) is 0. The third kappa shape index (κ3) is 15.6. The lowest BCUT2D eigenvalue weighted by atomic mass is 9.86. The zero-order valence-electron chi connectivity index (χ0n) is 36.3. The molecule has 3 aromatic rings. The van der Waals surface area contributed by atoms with E-state index in [0.29, 0.717) is 63.0 Å². The Morgan fingerprint density at radius 1 is 0.613 bits per heavy atom. The van der Waals surface area contributed by atoms with Gasteiger partial charge in [-0.2, -0.15) is 0 Å². The Hall–Kier alpha value is -6.35. The van der Waals surface area contributed by atoms with Crippen LogP contribution in [0.25, 0.3) is 0 Å². The van der Waals surface area contributed by atoms with E-state index in [1.807, 2.05) is 65.8 Å². The Balaban J connectivity index is 2.25. The minimum atomic E-state index is -0.622. The van der Waals surface area contributed by atoms with Gasteiger partial charge in [-0.05, 0) is 52.3 Å². The molecule has 0 unspecified atom stereocenters. The largest absolute Gasteiger partial charge is 0.491 e. The first kappa shape index (κ1) is 50.0. The zero-order chi connectivity index (χ0) is 46.4. The molecule has 0 radical (unpaired) electrons. The standard InChI is InChI=1S/C41H63N15O4S2/c1-22(42)51-10-14-61-33-27(43)16-23(40(2,3)4)18-29(33)55-35(57)25-20-26(32(60-13-9-53-38(47)48)21-31(25)59-12-8-52-37(45)46)36(58)56-30-19-24(41(5,6)7)17-28(44)34(30)62-15-11-54-39(49)50/h16-21,51H,1,8-15,42-44H2,2-7H3,(H,55,57)(H,56,58)(H4,45,46,52)(H4,47,48,53)(H4,49,50,54). The summed E-state index contributed by atoms with van der Waals surface area (Å²) in [5, 5.41) is 9.06. The fraction of sp³-hybridized carbons (Fsp3) is 0.390. The summed E-state index contributed by atoms with van der Waals surface area (Å²) >= 11 is 2.79. The van der Waals surface area contributed by atoms with Gasteiger partial charge in [-0.3, -0.25) is 24.6 Å². The average Bonchev–Trinajstić information content (AvgIpc) is 3.15. The van der Waals surface area contributed by atoms with Crippen molar-refractivity contribution < 1.29 is 19.1 Å². The molecular formula is C41H63N15O4S2. The fourth-order valence-corrected chi connectivity index (χ4v) is 7.34. The maximum atomic E-state index is 14.6. The third-order valence-electron chi connectivity index (χ3n) is 8.65. The van der Waals surface area contributed by atoms with Gasteiger partial charge in [0.05, 0.1) is 57.7 Å². The van der Waals surface area contributed by atoms with Gasteiger partial charge in [0.1, 0.15) is 24.7 Å². The van der Waals surface area contributed by atoms with Gasteiger partial charge in [0, 0.05) is 35.5 Å². The molecule has 0 bridgehead atoms. The highest BCUT2D eigenvalue weighted by Gasteiger charge is 2.26. The summed E-state index contributed by atoms with van der Waals surface area (Å²) in [5.41, 5.74) is 55.1. The lowest BCUT2D eigenvalue weighted by Crippen LogP contribution is -2.24. The Bertz CT molecular complexity index is 2170. The van der Waals surface area contributed by atoms with Crippen LogP contribution in [0.15, 0.2) is 73.6 Å². The summed E-state index contributed by atoms with van der Waals surface area (Å²) in [7, 11) is 0. The second kappa shape index (κ2) is 22.5. The number of guanidine groups is 3. The van der Waals surface area contributed by atoms with E-state index >= 15 is 0 Å². The Morgan fingerprint density at radius 3 is 1.40 bits per heavy atom. The van der Waals surface area contributed by atoms with Crippen molar-refractivity contribution in [2.45, 2.75) is 62.2 Å². The van der Waals surface area contributed by atoms with Crippen molar-refractivity contribution in [2.24, 2.45) is 55.1 Å². The minimum Gasteiger partial charge on any atom is -0.491 e. The van der Waals surface area contributed by atoms with Crippen LogP contribution in [-0.2, 0) is 10.8 Å². The number of carbonyl (C=O) groups excluding carboxylic acids is 2. The number of amides is 2. The highest BCUT2D eigenvalue weighted by Crippen LogP contribution is 2.41. The van der Waals surface area contributed by atoms with Crippen LogP contribution < -0.4 is 77.0 Å². The van der Waals surface area contributed by atoms with Gasteiger partial charge in [-0.25, -0.2) is 0 Å². The van der Waals surface area contributed by atoms with Crippen LogP contribution >= 0.6 is 23.5 Å². The quantitative estimate of drug-likeness (QED) is 0.0240. The van der Waals surface area contributed by atoms with E-state index in [9.17, 15) is 9.59 Å². The maximum absolute atomic E-state index is 14.6. The number of nitrogen functional groups attached to an aromatic ring is 2. The number of hydrogen-bond acceptors (Lipinski definition) is 13. The molecule has 0 fully saturated rings. The van der Waals surface area contributed by atoms with Crippen LogP contribution in [-0.4, -0.2) is 80.6 Å². The van der Waals surface area contributed by atoms with Crippen molar-refractivity contribution in [2.75, 3.05) is 73.0 Å². The van der Waals surface area contributed by atoms with Crippen molar-refractivity contribution in [3.63, 3.8) is 0 Å². The molecule has 0 heterocycles. The Kier molecular flexibility index (Phi) is 18.1. The predicted molar refractivity (Wildman–Crippen MR) is 257 cm³/mol. The minimum absolute atomic E-state index is 0.0111. The van der Waals surface area contributed by atoms with E-state index in [0.717, 1.165) is 11.1 Å². The highest BCUT2D eigenvalue weighted by atomic mass is 32.2. The SMILES string of the molecule is C=C(N)NCCSc1c(N)cc(C(C)(C)C)cc1NC(=O)c1cc(C(=O)Nc2cc(C(C)(C)C)cc(N)c2SCCN=C(N)N)c(OCCN=C(N)N)cc1OCCN=C(N)N. The zero-order valence-corrected chi connectivity index (χ0v) is 37.9. The van der Waals surface area contributed by atoms with Crippen molar-refractivity contribution in [1.82, 2.24) is 5.32 Å². The summed E-state index contributed by atoms with van der Waals surface area (Å²) in [5.74, 6) is -0.102. The van der Waals surface area contributed by atoms with Gasteiger partial charge in [-0.15, -0.1) is 23.5 Å². The summed E-state index contributed by atoms with van der Waals surface area (Å²) in [4.78, 5) is 42.5. The van der Waals surface area contributed by atoms with Crippen LogP contribution in [0, 0.1) is 0 Å². The van der Waals surface area contributed by atoms with Gasteiger partial charge >= 0.3 is 0 Å². The number of aliphatic imine (C=N–C) groups is 3. The first-order valence-electron chi connectivity index (χ1n) is 19.5. The smallest absolute Gasteiger partial charge is 0.259 e. The van der Waals surface area contributed by atoms with Gasteiger partial charge < -0.3 is 77.0 Å². The molecule has 2 amide bonds. The maximum Gasteiger partial charge on any atom is 0.259 e. The van der Waals surface area contributed by atoms with Crippen LogP contribution in [0.5, 0.6) is 11.5 Å². The van der Waals surface area contributed by atoms with Crippen molar-refractivity contribution in [3.8, 4) is 11.5 Å². The van der Waals surface area contributed by atoms with E-state index < -0.39 is 11.8 Å². The number of benzene rings is 3. The van der Waals surface area contributed by atoms with E-state index in [4.69, 9.17) is 61.1 Å². The van der Waals surface area contributed by atoms with E-state index in [-0.39, 0.29) is 77.6 Å². The van der Waals surface area contributed by atoms with Crippen LogP contribution in [0.1, 0.15) is 73.4 Å². The topological polar surface area (TPSA) is 360 Å². The number of anilines is 4. The molecule has 0 aliphatic heterocycles. The molecule has 0 saturated carbocycles. The molecule has 0 aliphatic carbocycles. The first-order valence-corrected chi connectivity index (χ1v) is 21.5. The first-order chi connectivity index (χ1) is 29.0. The molecule has 62 heavy (non-hydrogen) atoms. The van der Waals surface area contributed by atoms with Crippen molar-refractivity contribution in [3.05, 3.63) is 71.1 Å². The predicted octanol–water partition coefficient (Wildman–Crippen LogP) is 2.73. The Labute approximate surface area is 371 Å². The molecule has 19 nitrogen and oxygen atoms in total.